The van der Waals surface area contributed by atoms with E-state index in [1.54, 1.807) is 4.57 Å². The highest BCUT2D eigenvalue weighted by Crippen LogP contribution is 2.53. The van der Waals surface area contributed by atoms with E-state index in [2.05, 4.69) is 39.9 Å². The molecule has 0 unspecified atom stereocenters. The Morgan fingerprint density at radius 1 is 0.953 bits per heavy atom. The van der Waals surface area contributed by atoms with Crippen LogP contribution in [0.1, 0.15) is 65.6 Å². The second kappa shape index (κ2) is 10.6. The molecule has 8 heteroatoms. The van der Waals surface area contributed by atoms with Crippen LogP contribution in [-0.2, 0) is 19.3 Å². The van der Waals surface area contributed by atoms with Crippen LogP contribution in [-0.4, -0.2) is 38.2 Å². The normalized spacial score (nSPS) is 25.3. The van der Waals surface area contributed by atoms with E-state index in [1.165, 1.54) is 61.2 Å². The molecule has 4 bridgehead atoms. The SMILES string of the molecule is O=C(O)c1cn(-c2ccc3c(c2)CCC3)c2nc(Nc3ccc(CCNC4C5CC6CC(C5)CC4C6)cc3)ncc2c1=O. The van der Waals surface area contributed by atoms with Crippen molar-refractivity contribution in [3.05, 3.63) is 87.3 Å². The Labute approximate surface area is 250 Å². The van der Waals surface area contributed by atoms with E-state index in [9.17, 15) is 14.7 Å². The largest absolute Gasteiger partial charge is 0.477 e. The second-order valence-corrected chi connectivity index (χ2v) is 13.3. The number of carboxylic acid groups (broad SMARTS) is 1. The van der Waals surface area contributed by atoms with Crippen LogP contribution in [0.3, 0.4) is 0 Å². The third-order valence-corrected chi connectivity index (χ3v) is 10.6. The fraction of sp³-hybridized carbons (Fsp3) is 0.429. The van der Waals surface area contributed by atoms with Crippen molar-refractivity contribution in [3.63, 3.8) is 0 Å². The van der Waals surface area contributed by atoms with Gasteiger partial charge in [0.05, 0.1) is 5.39 Å². The van der Waals surface area contributed by atoms with Gasteiger partial charge in [-0.3, -0.25) is 4.79 Å². The molecule has 9 rings (SSSR count). The van der Waals surface area contributed by atoms with Gasteiger partial charge in [0.2, 0.25) is 11.4 Å². The quantitative estimate of drug-likeness (QED) is 0.248. The van der Waals surface area contributed by atoms with Crippen molar-refractivity contribution in [2.45, 2.75) is 63.8 Å². The Hall–Kier alpha value is -4.04. The molecule has 0 amide bonds. The van der Waals surface area contributed by atoms with Crippen molar-refractivity contribution in [3.8, 4) is 5.69 Å². The molecule has 2 aromatic carbocycles. The van der Waals surface area contributed by atoms with E-state index in [0.717, 1.165) is 67.3 Å². The number of pyridine rings is 1. The first-order chi connectivity index (χ1) is 21.0. The molecule has 0 saturated heterocycles. The minimum absolute atomic E-state index is 0.174. The number of hydrogen-bond acceptors (Lipinski definition) is 6. The Kier molecular flexibility index (Phi) is 6.55. The van der Waals surface area contributed by atoms with Crippen molar-refractivity contribution in [1.82, 2.24) is 19.9 Å². The van der Waals surface area contributed by atoms with E-state index in [0.29, 0.717) is 17.6 Å². The number of aromatic carboxylic acids is 1. The number of nitrogens with one attached hydrogen (secondary N) is 2. The van der Waals surface area contributed by atoms with Crippen LogP contribution in [0, 0.1) is 23.7 Å². The zero-order valence-corrected chi connectivity index (χ0v) is 24.3. The van der Waals surface area contributed by atoms with Crippen LogP contribution in [0.5, 0.6) is 0 Å². The third kappa shape index (κ3) is 4.91. The smallest absolute Gasteiger partial charge is 0.341 e. The third-order valence-electron chi connectivity index (χ3n) is 10.6. The van der Waals surface area contributed by atoms with Crippen molar-refractivity contribution in [2.24, 2.45) is 23.7 Å². The zero-order valence-electron chi connectivity index (χ0n) is 24.3. The molecule has 43 heavy (non-hydrogen) atoms. The Balaban J connectivity index is 0.997. The predicted molar refractivity (Wildman–Crippen MR) is 166 cm³/mol. The highest BCUT2D eigenvalue weighted by atomic mass is 16.4. The summed E-state index contributed by atoms with van der Waals surface area (Å²) < 4.78 is 1.70. The summed E-state index contributed by atoms with van der Waals surface area (Å²) in [5, 5.41) is 17.1. The minimum Gasteiger partial charge on any atom is -0.477 e. The van der Waals surface area contributed by atoms with E-state index in [1.807, 2.05) is 18.2 Å². The predicted octanol–water partition coefficient (Wildman–Crippen LogP) is 5.67. The summed E-state index contributed by atoms with van der Waals surface area (Å²) in [4.78, 5) is 34.0. The van der Waals surface area contributed by atoms with Gasteiger partial charge in [-0.05, 0) is 129 Å². The molecule has 4 saturated carbocycles. The lowest BCUT2D eigenvalue weighted by Crippen LogP contribution is -2.54. The van der Waals surface area contributed by atoms with Gasteiger partial charge in [0, 0.05) is 29.8 Å². The van der Waals surface area contributed by atoms with Crippen LogP contribution in [0.15, 0.2) is 59.7 Å². The van der Waals surface area contributed by atoms with Crippen molar-refractivity contribution < 1.29 is 9.90 Å². The average molecular weight is 576 g/mol. The summed E-state index contributed by atoms with van der Waals surface area (Å²) in [5.41, 5.74) is 4.98. The van der Waals surface area contributed by atoms with Crippen LogP contribution in [0.2, 0.25) is 0 Å². The number of benzene rings is 2. The van der Waals surface area contributed by atoms with Gasteiger partial charge in [-0.1, -0.05) is 18.2 Å². The van der Waals surface area contributed by atoms with E-state index in [-0.39, 0.29) is 10.9 Å². The second-order valence-electron chi connectivity index (χ2n) is 13.3. The van der Waals surface area contributed by atoms with Crippen molar-refractivity contribution in [2.75, 3.05) is 11.9 Å². The summed E-state index contributed by atoms with van der Waals surface area (Å²) in [6.45, 7) is 1.01. The van der Waals surface area contributed by atoms with Gasteiger partial charge in [0.25, 0.3) is 0 Å². The summed E-state index contributed by atoms with van der Waals surface area (Å²) in [5.74, 6) is 2.86. The molecule has 0 radical (unpaired) electrons. The molecular formula is C35H37N5O3. The number of aryl methyl sites for hydroxylation is 2. The maximum Gasteiger partial charge on any atom is 0.341 e. The van der Waals surface area contributed by atoms with Crippen molar-refractivity contribution >= 4 is 28.6 Å². The van der Waals surface area contributed by atoms with Crippen LogP contribution in [0.25, 0.3) is 16.7 Å². The molecule has 2 aromatic heterocycles. The van der Waals surface area contributed by atoms with Crippen LogP contribution >= 0.6 is 0 Å². The lowest BCUT2D eigenvalue weighted by Gasteiger charge is -2.54. The molecule has 220 valence electrons. The number of carboxylic acids is 1. The number of carbonyl (C=O) groups is 1. The number of rotatable bonds is 8. The molecule has 4 aromatic rings. The van der Waals surface area contributed by atoms with Gasteiger partial charge in [0.15, 0.2) is 5.65 Å². The maximum absolute atomic E-state index is 13.0. The van der Waals surface area contributed by atoms with Gasteiger partial charge < -0.3 is 20.3 Å². The van der Waals surface area contributed by atoms with E-state index < -0.39 is 11.4 Å². The van der Waals surface area contributed by atoms with Crippen LogP contribution in [0.4, 0.5) is 11.6 Å². The monoisotopic (exact) mass is 575 g/mol. The highest BCUT2D eigenvalue weighted by molar-refractivity contribution is 5.92. The summed E-state index contributed by atoms with van der Waals surface area (Å²) >= 11 is 0. The number of fused-ring (bicyclic) bond motifs is 2. The fourth-order valence-electron chi connectivity index (χ4n) is 8.75. The molecule has 3 N–H and O–H groups in total. The van der Waals surface area contributed by atoms with Gasteiger partial charge in [-0.2, -0.15) is 4.98 Å². The maximum atomic E-state index is 13.0. The summed E-state index contributed by atoms with van der Waals surface area (Å²) in [6.07, 6.45) is 14.2. The molecule has 5 aliphatic rings. The van der Waals surface area contributed by atoms with Gasteiger partial charge in [-0.15, -0.1) is 0 Å². The van der Waals surface area contributed by atoms with Gasteiger partial charge in [-0.25, -0.2) is 9.78 Å². The summed E-state index contributed by atoms with van der Waals surface area (Å²) in [6, 6.07) is 15.2. The molecule has 8 nitrogen and oxygen atoms in total. The Morgan fingerprint density at radius 2 is 1.70 bits per heavy atom. The first-order valence-electron chi connectivity index (χ1n) is 15.9. The first-order valence-corrected chi connectivity index (χ1v) is 15.9. The minimum atomic E-state index is -1.27. The Morgan fingerprint density at radius 3 is 2.44 bits per heavy atom. The van der Waals surface area contributed by atoms with E-state index in [4.69, 9.17) is 4.98 Å². The molecule has 2 heterocycles. The molecule has 5 aliphatic carbocycles. The topological polar surface area (TPSA) is 109 Å². The fourth-order valence-corrected chi connectivity index (χ4v) is 8.75. The molecular weight excluding hydrogens is 538 g/mol. The standard InChI is InChI=1S/C35H37N5O3/c41-32-29-18-37-35(39-33(29)40(19-30(32)34(42)43)28-9-6-23-2-1-3-24(23)17-28)38-27-7-4-20(5-8-27)10-11-36-31-25-13-21-12-22(15-25)16-26(31)14-21/h4-9,17-19,21-22,25-26,31,36H,1-3,10-16H2,(H,42,43)(H,37,38,39). The lowest BCUT2D eigenvalue weighted by molar-refractivity contribution is -0.0133. The lowest BCUT2D eigenvalue weighted by atomic mass is 9.54. The molecule has 0 spiro atoms. The number of hydrogen-bond donors (Lipinski definition) is 3. The molecule has 0 atom stereocenters. The van der Waals surface area contributed by atoms with Gasteiger partial charge >= 0.3 is 5.97 Å². The average Bonchev–Trinajstić information content (AvgIpc) is 3.47. The van der Waals surface area contributed by atoms with Crippen LogP contribution < -0.4 is 16.1 Å². The first kappa shape index (κ1) is 26.6. The zero-order chi connectivity index (χ0) is 29.1. The number of nitrogens with zero attached hydrogens (tertiary/aromatic N) is 3. The summed E-state index contributed by atoms with van der Waals surface area (Å²) in [7, 11) is 0. The molecule has 0 aliphatic heterocycles. The number of aromatic nitrogens is 3. The van der Waals surface area contributed by atoms with Gasteiger partial charge in [0.1, 0.15) is 5.56 Å². The Bertz CT molecular complexity index is 1750. The van der Waals surface area contributed by atoms with Crippen molar-refractivity contribution in [1.29, 1.82) is 0 Å². The van der Waals surface area contributed by atoms with E-state index >= 15 is 0 Å². The molecule has 4 fully saturated rings. The number of anilines is 2. The highest BCUT2D eigenvalue weighted by Gasteiger charge is 2.47.